The topological polar surface area (TPSA) is 50.2 Å². The summed E-state index contributed by atoms with van der Waals surface area (Å²) in [5.74, 6) is 0.515. The lowest BCUT2D eigenvalue weighted by molar-refractivity contribution is 0.223. The van der Waals surface area contributed by atoms with E-state index < -0.39 is 4.88 Å². The van der Waals surface area contributed by atoms with Gasteiger partial charge in [0.25, 0.3) is 0 Å². The van der Waals surface area contributed by atoms with Crippen LogP contribution in [0.1, 0.15) is 36.6 Å². The summed E-state index contributed by atoms with van der Waals surface area (Å²) < 4.78 is 0. The highest BCUT2D eigenvalue weighted by molar-refractivity contribution is 9.18. The summed E-state index contributed by atoms with van der Waals surface area (Å²) in [5.41, 5.74) is 5.24. The van der Waals surface area contributed by atoms with E-state index in [0.29, 0.717) is 5.92 Å². The van der Waals surface area contributed by atoms with Crippen molar-refractivity contribution in [3.8, 4) is 0 Å². The van der Waals surface area contributed by atoms with Crippen molar-refractivity contribution < 1.29 is 9.90 Å². The number of rotatable bonds is 1. The van der Waals surface area contributed by atoms with Crippen LogP contribution in [0.2, 0.25) is 5.02 Å². The lowest BCUT2D eigenvalue weighted by atomic mass is 10.1. The number of hydrogen-bond acceptors (Lipinski definition) is 2. The van der Waals surface area contributed by atoms with E-state index in [1.807, 2.05) is 18.2 Å². The Hall–Kier alpha value is -1.13. The van der Waals surface area contributed by atoms with Crippen LogP contribution in [-0.2, 0) is 6.42 Å². The Labute approximate surface area is 124 Å². The summed E-state index contributed by atoms with van der Waals surface area (Å²) in [6, 6.07) is 5.96. The first kappa shape index (κ1) is 14.3. The van der Waals surface area contributed by atoms with E-state index in [1.54, 1.807) is 0 Å². The molecule has 0 amide bonds. The molecule has 3 rings (SSSR count). The predicted octanol–water partition coefficient (Wildman–Crippen LogP) is 4.98. The van der Waals surface area contributed by atoms with Crippen molar-refractivity contribution in [2.24, 2.45) is 0 Å². The zero-order valence-electron chi connectivity index (χ0n) is 10.6. The first-order chi connectivity index (χ1) is 8.90. The zero-order chi connectivity index (χ0) is 14.2. The van der Waals surface area contributed by atoms with Crippen molar-refractivity contribution in [1.82, 2.24) is 4.98 Å². The van der Waals surface area contributed by atoms with E-state index in [0.717, 1.165) is 17.0 Å². The van der Waals surface area contributed by atoms with Crippen LogP contribution in [0.15, 0.2) is 18.2 Å². The van der Waals surface area contributed by atoms with Crippen LogP contribution in [0.3, 0.4) is 0 Å². The third-order valence-electron chi connectivity index (χ3n) is 2.97. The van der Waals surface area contributed by atoms with E-state index >= 15 is 0 Å². The van der Waals surface area contributed by atoms with Crippen LogP contribution in [0.25, 0.3) is 10.9 Å². The molecule has 0 fully saturated rings. The quantitative estimate of drug-likeness (QED) is 0.635. The Morgan fingerprint density at radius 1 is 1.42 bits per heavy atom. The van der Waals surface area contributed by atoms with E-state index in [-0.39, 0.29) is 0 Å². The molecule has 0 saturated heterocycles. The zero-order valence-corrected chi connectivity index (χ0v) is 12.9. The third-order valence-corrected chi connectivity index (χ3v) is 3.21. The first-order valence-corrected chi connectivity index (χ1v) is 7.06. The minimum Gasteiger partial charge on any atom is -0.473 e. The number of aromatic nitrogens is 1. The van der Waals surface area contributed by atoms with E-state index in [4.69, 9.17) is 26.5 Å². The summed E-state index contributed by atoms with van der Waals surface area (Å²) in [6.45, 7) is 4.39. The SMILES string of the molecule is CC(C)c1nc2ccc(Cl)cc2c2c1C2.O=C(O)Br. The average molecular weight is 343 g/mol. The van der Waals surface area contributed by atoms with Crippen LogP contribution in [0.4, 0.5) is 4.79 Å². The summed E-state index contributed by atoms with van der Waals surface area (Å²) in [5, 5.41) is 9.37. The molecular formula is C14H13BrClNO2. The van der Waals surface area contributed by atoms with Gasteiger partial charge in [-0.05, 0) is 35.2 Å². The second kappa shape index (κ2) is 5.47. The lowest BCUT2D eigenvalue weighted by Crippen LogP contribution is -1.92. The molecule has 0 bridgehead atoms. The maximum atomic E-state index is 8.92. The molecule has 1 aromatic carbocycles. The van der Waals surface area contributed by atoms with Gasteiger partial charge >= 0.3 is 4.88 Å². The second-order valence-electron chi connectivity index (χ2n) is 4.70. The van der Waals surface area contributed by atoms with Gasteiger partial charge < -0.3 is 5.11 Å². The highest BCUT2D eigenvalue weighted by Gasteiger charge is 2.26. The largest absolute Gasteiger partial charge is 0.473 e. The average Bonchev–Trinajstić information content (AvgIpc) is 3.07. The summed E-state index contributed by atoms with van der Waals surface area (Å²) in [7, 11) is 0. The number of carboxylic acid groups (broad SMARTS) is 1. The number of hydrogen-bond donors (Lipinski definition) is 1. The highest BCUT2D eigenvalue weighted by Crippen LogP contribution is 2.40. The Morgan fingerprint density at radius 2 is 2.05 bits per heavy atom. The van der Waals surface area contributed by atoms with Crippen molar-refractivity contribution in [2.75, 3.05) is 0 Å². The van der Waals surface area contributed by atoms with Gasteiger partial charge in [0.2, 0.25) is 0 Å². The van der Waals surface area contributed by atoms with Crippen molar-refractivity contribution in [1.29, 1.82) is 0 Å². The number of halogens is 2. The molecule has 1 N–H and O–H groups in total. The number of benzene rings is 1. The van der Waals surface area contributed by atoms with E-state index in [2.05, 4.69) is 29.8 Å². The van der Waals surface area contributed by atoms with Crippen molar-refractivity contribution in [3.05, 3.63) is 40.0 Å². The number of nitrogens with zero attached hydrogens (tertiary/aromatic N) is 1. The number of pyridine rings is 1. The van der Waals surface area contributed by atoms with Crippen molar-refractivity contribution >= 4 is 43.3 Å². The Morgan fingerprint density at radius 3 is 2.63 bits per heavy atom. The lowest BCUT2D eigenvalue weighted by Gasteiger charge is -2.05. The molecule has 1 aliphatic rings. The summed E-state index contributed by atoms with van der Waals surface area (Å²) in [6.07, 6.45) is 1.10. The van der Waals surface area contributed by atoms with E-state index in [1.165, 1.54) is 22.2 Å². The fourth-order valence-electron chi connectivity index (χ4n) is 2.16. The van der Waals surface area contributed by atoms with Crippen LogP contribution < -0.4 is 0 Å². The molecule has 1 aliphatic carbocycles. The Balaban J connectivity index is 0.000000297. The first-order valence-electron chi connectivity index (χ1n) is 5.89. The van der Waals surface area contributed by atoms with Gasteiger partial charge in [-0.15, -0.1) is 0 Å². The third kappa shape index (κ3) is 3.25. The van der Waals surface area contributed by atoms with Gasteiger partial charge in [-0.2, -0.15) is 0 Å². The maximum absolute atomic E-state index is 8.92. The molecule has 0 atom stereocenters. The molecule has 19 heavy (non-hydrogen) atoms. The van der Waals surface area contributed by atoms with Gasteiger partial charge in [-0.3, -0.25) is 4.98 Å². The molecule has 5 heteroatoms. The molecule has 2 aromatic rings. The normalized spacial score (nSPS) is 11.8. The molecule has 0 spiro atoms. The standard InChI is InChI=1S/C13H12ClN.CHBrO2/c1-7(2)13-11-6-9(11)10-5-8(14)3-4-12(10)15-13;2-1(3)4/h3-5,7H,6H2,1-2H3;(H,3,4). The van der Waals surface area contributed by atoms with Gasteiger partial charge in [-0.25, -0.2) is 4.79 Å². The summed E-state index contributed by atoms with van der Waals surface area (Å²) in [4.78, 5) is 12.6. The Kier molecular flexibility index (Phi) is 4.11. The predicted molar refractivity (Wildman–Crippen MR) is 80.6 cm³/mol. The minimum absolute atomic E-state index is 0.515. The smallest absolute Gasteiger partial charge is 0.372 e. The van der Waals surface area contributed by atoms with Gasteiger partial charge in [0.05, 0.1) is 5.52 Å². The molecule has 100 valence electrons. The molecular weight excluding hydrogens is 330 g/mol. The summed E-state index contributed by atoms with van der Waals surface area (Å²) >= 11 is 8.18. The van der Waals surface area contributed by atoms with Gasteiger partial charge in [0.1, 0.15) is 0 Å². The van der Waals surface area contributed by atoms with Gasteiger partial charge in [-0.1, -0.05) is 25.4 Å². The van der Waals surface area contributed by atoms with Crippen LogP contribution in [-0.4, -0.2) is 15.0 Å². The molecule has 0 unspecified atom stereocenters. The molecule has 0 saturated carbocycles. The fraction of sp³-hybridized carbons (Fsp3) is 0.286. The Bertz CT molecular complexity index is 651. The van der Waals surface area contributed by atoms with Crippen molar-refractivity contribution in [3.63, 3.8) is 0 Å². The van der Waals surface area contributed by atoms with Crippen LogP contribution in [0.5, 0.6) is 0 Å². The van der Waals surface area contributed by atoms with E-state index in [9.17, 15) is 0 Å². The fourth-order valence-corrected chi connectivity index (χ4v) is 2.33. The monoisotopic (exact) mass is 341 g/mol. The number of carbonyl (C=O) groups is 1. The second-order valence-corrected chi connectivity index (χ2v) is 5.81. The molecule has 1 aromatic heterocycles. The molecule has 0 aliphatic heterocycles. The van der Waals surface area contributed by atoms with Gasteiger partial charge in [0.15, 0.2) is 0 Å². The van der Waals surface area contributed by atoms with Crippen LogP contribution >= 0.6 is 27.5 Å². The molecule has 3 nitrogen and oxygen atoms in total. The molecule has 1 heterocycles. The maximum Gasteiger partial charge on any atom is 0.372 e. The number of fused-ring (bicyclic) bond motifs is 3. The van der Waals surface area contributed by atoms with Crippen LogP contribution in [0, 0.1) is 0 Å². The van der Waals surface area contributed by atoms with Gasteiger partial charge in [0, 0.05) is 38.5 Å². The molecule has 0 radical (unpaired) electrons. The van der Waals surface area contributed by atoms with Crippen molar-refractivity contribution in [2.45, 2.75) is 26.2 Å². The highest BCUT2D eigenvalue weighted by atomic mass is 79.9. The minimum atomic E-state index is -1.02.